The quantitative estimate of drug-likeness (QED) is 0.625. The summed E-state index contributed by atoms with van der Waals surface area (Å²) in [6, 6.07) is 15.1. The maximum Gasteiger partial charge on any atom is 0.339 e. The van der Waals surface area contributed by atoms with Crippen molar-refractivity contribution in [2.75, 3.05) is 26.1 Å². The molecule has 0 spiro atoms. The number of anilines is 1. The van der Waals surface area contributed by atoms with Gasteiger partial charge in [-0.1, -0.05) is 36.1 Å². The van der Waals surface area contributed by atoms with Crippen molar-refractivity contribution >= 4 is 11.7 Å². The summed E-state index contributed by atoms with van der Waals surface area (Å²) in [5.74, 6) is 5.82. The monoisotopic (exact) mass is 279 g/mol. The van der Waals surface area contributed by atoms with Crippen LogP contribution in [0, 0.1) is 11.8 Å². The van der Waals surface area contributed by atoms with E-state index >= 15 is 0 Å². The number of hydrogen-bond acceptors (Lipinski definition) is 3. The number of carbonyl (C=O) groups is 1. The number of hydrogen-bond donors (Lipinski definition) is 0. The van der Waals surface area contributed by atoms with E-state index in [2.05, 4.69) is 11.8 Å². The van der Waals surface area contributed by atoms with Gasteiger partial charge in [0.1, 0.15) is 0 Å². The Hall–Kier alpha value is -2.73. The highest BCUT2D eigenvalue weighted by molar-refractivity contribution is 5.92. The molecule has 3 heteroatoms. The molecule has 0 aliphatic rings. The van der Waals surface area contributed by atoms with Crippen LogP contribution in [-0.4, -0.2) is 27.2 Å². The molecule has 0 bridgehead atoms. The normalized spacial score (nSPS) is 9.48. The molecule has 0 N–H and O–H groups in total. The Labute approximate surface area is 125 Å². The first-order valence-corrected chi connectivity index (χ1v) is 6.59. The van der Waals surface area contributed by atoms with Crippen LogP contribution in [0.1, 0.15) is 21.5 Å². The highest BCUT2D eigenvalue weighted by Gasteiger charge is 2.09. The summed E-state index contributed by atoms with van der Waals surface area (Å²) in [4.78, 5) is 13.7. The molecule has 0 aromatic heterocycles. The van der Waals surface area contributed by atoms with Crippen LogP contribution in [0.15, 0.2) is 48.5 Å². The summed E-state index contributed by atoms with van der Waals surface area (Å²) >= 11 is 0. The molecule has 2 aromatic carbocycles. The smallest absolute Gasteiger partial charge is 0.339 e. The summed E-state index contributed by atoms with van der Waals surface area (Å²) in [5, 5.41) is 0. The Balaban J connectivity index is 2.43. The average Bonchev–Trinajstić information content (AvgIpc) is 2.52. The zero-order valence-corrected chi connectivity index (χ0v) is 12.4. The maximum absolute atomic E-state index is 11.7. The molecule has 21 heavy (non-hydrogen) atoms. The minimum absolute atomic E-state index is 0.374. The van der Waals surface area contributed by atoms with Gasteiger partial charge in [-0.2, -0.15) is 0 Å². The van der Waals surface area contributed by atoms with Crippen LogP contribution in [0.25, 0.3) is 0 Å². The summed E-state index contributed by atoms with van der Waals surface area (Å²) in [6.07, 6.45) is 0. The maximum atomic E-state index is 11.7. The second-order valence-electron chi connectivity index (χ2n) is 4.70. The minimum Gasteiger partial charge on any atom is -0.465 e. The van der Waals surface area contributed by atoms with Crippen molar-refractivity contribution in [1.82, 2.24) is 0 Å². The van der Waals surface area contributed by atoms with Gasteiger partial charge in [0, 0.05) is 25.2 Å². The molecule has 3 nitrogen and oxygen atoms in total. The van der Waals surface area contributed by atoms with Crippen molar-refractivity contribution in [3.8, 4) is 11.8 Å². The highest BCUT2D eigenvalue weighted by atomic mass is 16.5. The van der Waals surface area contributed by atoms with Gasteiger partial charge in [0.25, 0.3) is 0 Å². The van der Waals surface area contributed by atoms with Gasteiger partial charge < -0.3 is 9.64 Å². The Morgan fingerprint density at radius 2 is 1.52 bits per heavy atom. The third-order valence-electron chi connectivity index (χ3n) is 3.05. The molecule has 2 rings (SSSR count). The van der Waals surface area contributed by atoms with Crippen LogP contribution in [0.5, 0.6) is 0 Å². The average molecular weight is 279 g/mol. The molecule has 0 unspecified atom stereocenters. The van der Waals surface area contributed by atoms with E-state index in [9.17, 15) is 4.79 Å². The first-order chi connectivity index (χ1) is 10.1. The fourth-order valence-electron chi connectivity index (χ4n) is 1.98. The van der Waals surface area contributed by atoms with Gasteiger partial charge in [-0.15, -0.1) is 0 Å². The summed E-state index contributed by atoms with van der Waals surface area (Å²) in [5.41, 5.74) is 3.11. The standard InChI is InChI=1S/C18H17NO2/c1-19(2)17-11-7-5-9-15(17)13-12-14-8-4-6-10-16(14)18(20)21-3/h4-11H,1-3H3. The summed E-state index contributed by atoms with van der Waals surface area (Å²) < 4.78 is 4.78. The molecule has 106 valence electrons. The van der Waals surface area contributed by atoms with Crippen LogP contribution < -0.4 is 4.90 Å². The van der Waals surface area contributed by atoms with Crippen molar-refractivity contribution in [1.29, 1.82) is 0 Å². The predicted octanol–water partition coefficient (Wildman–Crippen LogP) is 2.94. The largest absolute Gasteiger partial charge is 0.465 e. The fourth-order valence-corrected chi connectivity index (χ4v) is 1.98. The topological polar surface area (TPSA) is 29.5 Å². The fraction of sp³-hybridized carbons (Fsp3) is 0.167. The lowest BCUT2D eigenvalue weighted by Crippen LogP contribution is -2.10. The van der Waals surface area contributed by atoms with Gasteiger partial charge in [-0.05, 0) is 24.3 Å². The minimum atomic E-state index is -0.374. The van der Waals surface area contributed by atoms with Crippen molar-refractivity contribution in [3.63, 3.8) is 0 Å². The zero-order chi connectivity index (χ0) is 15.2. The number of benzene rings is 2. The Morgan fingerprint density at radius 1 is 0.952 bits per heavy atom. The Morgan fingerprint density at radius 3 is 2.19 bits per heavy atom. The van der Waals surface area contributed by atoms with Crippen molar-refractivity contribution in [3.05, 3.63) is 65.2 Å². The van der Waals surface area contributed by atoms with Crippen LogP contribution in [0.2, 0.25) is 0 Å². The Bertz CT molecular complexity index is 708. The molecule has 0 aliphatic carbocycles. The molecular formula is C18H17NO2. The van der Waals surface area contributed by atoms with E-state index in [-0.39, 0.29) is 5.97 Å². The van der Waals surface area contributed by atoms with Crippen LogP contribution >= 0.6 is 0 Å². The first-order valence-electron chi connectivity index (χ1n) is 6.59. The zero-order valence-electron chi connectivity index (χ0n) is 12.4. The number of esters is 1. The number of ether oxygens (including phenoxy) is 1. The second kappa shape index (κ2) is 6.62. The summed E-state index contributed by atoms with van der Waals surface area (Å²) in [7, 11) is 5.32. The van der Waals surface area contributed by atoms with Gasteiger partial charge in [-0.3, -0.25) is 0 Å². The van der Waals surface area contributed by atoms with E-state index in [0.29, 0.717) is 11.1 Å². The molecule has 0 atom stereocenters. The molecule has 0 saturated heterocycles. The van der Waals surface area contributed by atoms with Crippen LogP contribution in [0.3, 0.4) is 0 Å². The molecule has 0 amide bonds. The van der Waals surface area contributed by atoms with Crippen LogP contribution in [0.4, 0.5) is 5.69 Å². The third kappa shape index (κ3) is 3.43. The number of carbonyl (C=O) groups excluding carboxylic acids is 1. The number of methoxy groups -OCH3 is 1. The molecular weight excluding hydrogens is 262 g/mol. The van der Waals surface area contributed by atoms with E-state index < -0.39 is 0 Å². The number of nitrogens with zero attached hydrogens (tertiary/aromatic N) is 1. The lowest BCUT2D eigenvalue weighted by Gasteiger charge is -2.13. The molecule has 2 aromatic rings. The second-order valence-corrected chi connectivity index (χ2v) is 4.70. The first kappa shape index (κ1) is 14.7. The molecule has 0 heterocycles. The van der Waals surface area contributed by atoms with E-state index in [1.54, 1.807) is 12.1 Å². The van der Waals surface area contributed by atoms with E-state index in [4.69, 9.17) is 4.74 Å². The highest BCUT2D eigenvalue weighted by Crippen LogP contribution is 2.17. The lowest BCUT2D eigenvalue weighted by molar-refractivity contribution is 0.0600. The molecule has 0 radical (unpaired) electrons. The van der Waals surface area contributed by atoms with E-state index in [1.807, 2.05) is 55.4 Å². The summed E-state index contributed by atoms with van der Waals surface area (Å²) in [6.45, 7) is 0. The third-order valence-corrected chi connectivity index (χ3v) is 3.05. The van der Waals surface area contributed by atoms with Gasteiger partial charge in [0.2, 0.25) is 0 Å². The van der Waals surface area contributed by atoms with Gasteiger partial charge in [0.15, 0.2) is 0 Å². The van der Waals surface area contributed by atoms with Gasteiger partial charge in [-0.25, -0.2) is 4.79 Å². The molecule has 0 aliphatic heterocycles. The van der Waals surface area contributed by atoms with Crippen molar-refractivity contribution < 1.29 is 9.53 Å². The van der Waals surface area contributed by atoms with Crippen molar-refractivity contribution in [2.45, 2.75) is 0 Å². The van der Waals surface area contributed by atoms with E-state index in [1.165, 1.54) is 7.11 Å². The van der Waals surface area contributed by atoms with Crippen LogP contribution in [-0.2, 0) is 4.74 Å². The predicted molar refractivity (Wildman–Crippen MR) is 84.5 cm³/mol. The van der Waals surface area contributed by atoms with Crippen molar-refractivity contribution in [2.24, 2.45) is 0 Å². The molecule has 0 saturated carbocycles. The SMILES string of the molecule is COC(=O)c1ccccc1C#Cc1ccccc1N(C)C. The molecule has 0 fully saturated rings. The number of para-hydroxylation sites is 1. The van der Waals surface area contributed by atoms with E-state index in [0.717, 1.165) is 11.3 Å². The van der Waals surface area contributed by atoms with Gasteiger partial charge in [0.05, 0.1) is 18.4 Å². The number of rotatable bonds is 2. The Kier molecular flexibility index (Phi) is 4.63. The van der Waals surface area contributed by atoms with Gasteiger partial charge >= 0.3 is 5.97 Å². The lowest BCUT2D eigenvalue weighted by atomic mass is 10.1.